The number of amides is 1. The van der Waals surface area contributed by atoms with Crippen LogP contribution in [0.4, 0.5) is 0 Å². The molecule has 3 aromatic rings. The van der Waals surface area contributed by atoms with Crippen LogP contribution < -0.4 is 4.74 Å². The Morgan fingerprint density at radius 2 is 2.03 bits per heavy atom. The van der Waals surface area contributed by atoms with Gasteiger partial charge < -0.3 is 9.64 Å². The van der Waals surface area contributed by atoms with Crippen LogP contribution in [0, 0.1) is 20.8 Å². The van der Waals surface area contributed by atoms with E-state index in [1.165, 1.54) is 22.5 Å². The number of ether oxygens (including phenoxy) is 1. The van der Waals surface area contributed by atoms with Gasteiger partial charge in [-0.1, -0.05) is 6.07 Å². The zero-order valence-electron chi connectivity index (χ0n) is 17.5. The summed E-state index contributed by atoms with van der Waals surface area (Å²) in [6, 6.07) is 6.14. The topological polar surface area (TPSA) is 47.4 Å². The van der Waals surface area contributed by atoms with Gasteiger partial charge in [0, 0.05) is 19.2 Å². The van der Waals surface area contributed by atoms with Crippen LogP contribution in [0.5, 0.6) is 5.75 Å². The van der Waals surface area contributed by atoms with Gasteiger partial charge >= 0.3 is 0 Å². The van der Waals surface area contributed by atoms with Crippen LogP contribution in [-0.2, 0) is 19.7 Å². The van der Waals surface area contributed by atoms with E-state index in [1.807, 2.05) is 30.1 Å². The van der Waals surface area contributed by atoms with Gasteiger partial charge in [0.25, 0.3) is 5.91 Å². The van der Waals surface area contributed by atoms with Gasteiger partial charge in [-0.3, -0.25) is 9.48 Å². The molecule has 2 aromatic heterocycles. The highest BCUT2D eigenvalue weighted by Crippen LogP contribution is 2.26. The van der Waals surface area contributed by atoms with Gasteiger partial charge in [-0.15, -0.1) is 11.3 Å². The molecule has 3 rings (SSSR count). The van der Waals surface area contributed by atoms with E-state index < -0.39 is 0 Å². The third-order valence-corrected chi connectivity index (χ3v) is 6.58. The number of halogens is 1. The smallest absolute Gasteiger partial charge is 0.264 e. The van der Waals surface area contributed by atoms with Crippen LogP contribution in [0.1, 0.15) is 44.5 Å². The zero-order valence-corrected chi connectivity index (χ0v) is 19.9. The van der Waals surface area contributed by atoms with E-state index in [0.29, 0.717) is 18.0 Å². The Kier molecular flexibility index (Phi) is 6.80. The predicted molar refractivity (Wildman–Crippen MR) is 121 cm³/mol. The third-order valence-electron chi connectivity index (χ3n) is 4.95. The number of rotatable bonds is 7. The maximum absolute atomic E-state index is 12.9. The Hall–Kier alpha value is -2.12. The molecular formula is C22H26BrN3O2S. The summed E-state index contributed by atoms with van der Waals surface area (Å²) in [5.74, 6) is 0.899. The van der Waals surface area contributed by atoms with Crippen molar-refractivity contribution in [2.45, 2.75) is 47.4 Å². The second-order valence-corrected chi connectivity index (χ2v) is 8.99. The van der Waals surface area contributed by atoms with E-state index in [1.54, 1.807) is 11.1 Å². The van der Waals surface area contributed by atoms with E-state index in [4.69, 9.17) is 4.74 Å². The number of carbonyl (C=O) groups excluding carboxylic acids is 1. The molecule has 154 valence electrons. The minimum atomic E-state index is -0.000386. The van der Waals surface area contributed by atoms with Crippen molar-refractivity contribution in [2.24, 2.45) is 0 Å². The normalized spacial score (nSPS) is 11.0. The van der Waals surface area contributed by atoms with Crippen molar-refractivity contribution in [3.63, 3.8) is 0 Å². The van der Waals surface area contributed by atoms with Crippen LogP contribution in [0.3, 0.4) is 0 Å². The lowest BCUT2D eigenvalue weighted by Gasteiger charge is -2.17. The maximum Gasteiger partial charge on any atom is 0.264 e. The summed E-state index contributed by atoms with van der Waals surface area (Å²) < 4.78 is 8.85. The minimum Gasteiger partial charge on any atom is -0.489 e. The summed E-state index contributed by atoms with van der Waals surface area (Å²) in [6.07, 6.45) is 1.77. The second kappa shape index (κ2) is 9.13. The van der Waals surface area contributed by atoms with E-state index in [0.717, 1.165) is 33.6 Å². The molecule has 1 amide bonds. The van der Waals surface area contributed by atoms with Crippen molar-refractivity contribution in [2.75, 3.05) is 7.05 Å². The lowest BCUT2D eigenvalue weighted by atomic mass is 10.1. The molecule has 0 aliphatic carbocycles. The van der Waals surface area contributed by atoms with Crippen molar-refractivity contribution < 1.29 is 9.53 Å². The number of hydrogen-bond donors (Lipinski definition) is 0. The number of thiophene rings is 1. The van der Waals surface area contributed by atoms with Gasteiger partial charge in [0.15, 0.2) is 0 Å². The molecule has 1 aromatic carbocycles. The number of nitrogens with zero attached hydrogens (tertiary/aromatic N) is 3. The Balaban J connectivity index is 1.66. The lowest BCUT2D eigenvalue weighted by Crippen LogP contribution is -2.27. The number of aryl methyl sites for hydroxylation is 3. The fraction of sp³-hybridized carbons (Fsp3) is 0.364. The van der Waals surface area contributed by atoms with Gasteiger partial charge in [0.05, 0.1) is 27.8 Å². The summed E-state index contributed by atoms with van der Waals surface area (Å²) in [6.45, 7) is 9.98. The molecule has 0 spiro atoms. The largest absolute Gasteiger partial charge is 0.489 e. The third kappa shape index (κ3) is 4.90. The summed E-state index contributed by atoms with van der Waals surface area (Å²) >= 11 is 4.97. The first-order valence-corrected chi connectivity index (χ1v) is 11.2. The first-order chi connectivity index (χ1) is 13.8. The minimum absolute atomic E-state index is 0.000386. The van der Waals surface area contributed by atoms with Gasteiger partial charge in [0.2, 0.25) is 0 Å². The summed E-state index contributed by atoms with van der Waals surface area (Å²) in [5, 5.41) is 6.31. The predicted octanol–water partition coefficient (Wildman–Crippen LogP) is 5.50. The standard InChI is InChI=1S/C22H26BrN3O2S/c1-6-26-19(18(23)10-24-26)11-25(5)22(27)21-9-17(13-29-21)12-28-20-8-14(2)7-15(3)16(20)4/h7-10,13H,6,11-12H2,1-5H3. The van der Waals surface area contributed by atoms with Gasteiger partial charge in [0.1, 0.15) is 12.4 Å². The summed E-state index contributed by atoms with van der Waals surface area (Å²) in [4.78, 5) is 15.3. The van der Waals surface area contributed by atoms with Crippen molar-refractivity contribution in [3.8, 4) is 5.75 Å². The van der Waals surface area contributed by atoms with Crippen LogP contribution in [-0.4, -0.2) is 27.6 Å². The molecule has 0 bridgehead atoms. The molecule has 5 nitrogen and oxygen atoms in total. The second-order valence-electron chi connectivity index (χ2n) is 7.23. The Labute approximate surface area is 184 Å². The van der Waals surface area contributed by atoms with Gasteiger partial charge in [-0.05, 0) is 77.8 Å². The first kappa shape index (κ1) is 21.6. The lowest BCUT2D eigenvalue weighted by molar-refractivity contribution is 0.0786. The molecule has 0 aliphatic heterocycles. The average molecular weight is 476 g/mol. The number of carbonyl (C=O) groups is 1. The molecule has 0 radical (unpaired) electrons. The number of aromatic nitrogens is 2. The Morgan fingerprint density at radius 1 is 1.28 bits per heavy atom. The molecule has 0 saturated heterocycles. The van der Waals surface area contributed by atoms with Crippen molar-refractivity contribution in [1.29, 1.82) is 0 Å². The molecule has 0 fully saturated rings. The van der Waals surface area contributed by atoms with E-state index in [2.05, 4.69) is 53.9 Å². The average Bonchev–Trinajstić information content (AvgIpc) is 3.30. The highest BCUT2D eigenvalue weighted by atomic mass is 79.9. The zero-order chi connectivity index (χ0) is 21.1. The summed E-state index contributed by atoms with van der Waals surface area (Å²) in [5.41, 5.74) is 5.56. The number of hydrogen-bond acceptors (Lipinski definition) is 4. The van der Waals surface area contributed by atoms with Crippen LogP contribution in [0.15, 0.2) is 34.2 Å². The molecule has 0 saturated carbocycles. The van der Waals surface area contributed by atoms with Crippen molar-refractivity contribution in [3.05, 3.63) is 67.1 Å². The van der Waals surface area contributed by atoms with E-state index in [9.17, 15) is 4.79 Å². The summed E-state index contributed by atoms with van der Waals surface area (Å²) in [7, 11) is 1.82. The number of benzene rings is 1. The fourth-order valence-electron chi connectivity index (χ4n) is 3.18. The van der Waals surface area contributed by atoms with E-state index >= 15 is 0 Å². The molecule has 2 heterocycles. The van der Waals surface area contributed by atoms with Crippen LogP contribution >= 0.6 is 27.3 Å². The highest BCUT2D eigenvalue weighted by Gasteiger charge is 2.18. The first-order valence-electron chi connectivity index (χ1n) is 9.53. The Bertz CT molecular complexity index is 1030. The van der Waals surface area contributed by atoms with Crippen molar-refractivity contribution in [1.82, 2.24) is 14.7 Å². The van der Waals surface area contributed by atoms with Crippen LogP contribution in [0.2, 0.25) is 0 Å². The van der Waals surface area contributed by atoms with Crippen LogP contribution in [0.25, 0.3) is 0 Å². The van der Waals surface area contributed by atoms with E-state index in [-0.39, 0.29) is 5.91 Å². The molecule has 0 aliphatic rings. The monoisotopic (exact) mass is 475 g/mol. The fourth-order valence-corrected chi connectivity index (χ4v) is 4.49. The molecule has 29 heavy (non-hydrogen) atoms. The van der Waals surface area contributed by atoms with Gasteiger partial charge in [-0.25, -0.2) is 0 Å². The van der Waals surface area contributed by atoms with Crippen molar-refractivity contribution >= 4 is 33.2 Å². The Morgan fingerprint density at radius 3 is 2.76 bits per heavy atom. The SMILES string of the molecule is CCn1ncc(Br)c1CN(C)C(=O)c1cc(COc2cc(C)cc(C)c2C)cs1. The highest BCUT2D eigenvalue weighted by molar-refractivity contribution is 9.10. The molecule has 0 atom stereocenters. The molecular weight excluding hydrogens is 450 g/mol. The molecule has 0 unspecified atom stereocenters. The maximum atomic E-state index is 12.9. The molecule has 7 heteroatoms. The quantitative estimate of drug-likeness (QED) is 0.452. The van der Waals surface area contributed by atoms with Gasteiger partial charge in [-0.2, -0.15) is 5.10 Å². The molecule has 0 N–H and O–H groups in total.